The number of anilines is 1. The van der Waals surface area contributed by atoms with E-state index >= 15 is 0 Å². The lowest BCUT2D eigenvalue weighted by Gasteiger charge is -2.24. The molecule has 5 rings (SSSR count). The van der Waals surface area contributed by atoms with Gasteiger partial charge in [0.05, 0.1) is 49.8 Å². The van der Waals surface area contributed by atoms with Crippen LogP contribution in [0.2, 0.25) is 0 Å². The molecule has 1 unspecified atom stereocenters. The number of amides is 1. The van der Waals surface area contributed by atoms with Crippen LogP contribution in [-0.4, -0.2) is 49.7 Å². The maximum Gasteiger partial charge on any atom is 0.301 e. The lowest BCUT2D eigenvalue weighted by molar-refractivity contribution is -0.132. The second-order valence-electron chi connectivity index (χ2n) is 8.69. The monoisotopic (exact) mass is 564 g/mol. The van der Waals surface area contributed by atoms with Crippen LogP contribution < -0.4 is 23.8 Å². The summed E-state index contributed by atoms with van der Waals surface area (Å²) in [6.07, 6.45) is 0. The number of methoxy groups -OCH3 is 3. The van der Waals surface area contributed by atoms with E-state index in [2.05, 4.69) is 4.98 Å². The van der Waals surface area contributed by atoms with Crippen molar-refractivity contribution in [2.75, 3.05) is 32.8 Å². The highest BCUT2D eigenvalue weighted by molar-refractivity contribution is 7.22. The molecular weight excluding hydrogens is 539 g/mol. The summed E-state index contributed by atoms with van der Waals surface area (Å²) < 4.78 is 36.4. The van der Waals surface area contributed by atoms with E-state index in [1.807, 2.05) is 6.92 Å². The predicted molar refractivity (Wildman–Crippen MR) is 148 cm³/mol. The van der Waals surface area contributed by atoms with Gasteiger partial charge in [0.25, 0.3) is 5.78 Å². The minimum atomic E-state index is -1.12. The van der Waals surface area contributed by atoms with Crippen LogP contribution in [0.1, 0.15) is 24.1 Å². The lowest BCUT2D eigenvalue weighted by Crippen LogP contribution is -2.29. The number of ether oxygens (including phenoxy) is 4. The quantitative estimate of drug-likeness (QED) is 0.170. The number of hydrogen-bond acceptors (Lipinski definition) is 9. The number of hydrogen-bond donors (Lipinski definition) is 1. The standard InChI is InChI=1S/C29H25FN2O7S/c1-5-39-18-9-6-15(7-10-18)25(33)23-24(16-12-20(36-2)27(38-4)21(13-16)37-3)32(28(35)26(23)34)29-31-19-11-8-17(30)14-22(19)40-29/h6-14,24,33H,5H2,1-4H3. The molecule has 4 aromatic rings. The molecule has 9 nitrogen and oxygen atoms in total. The van der Waals surface area contributed by atoms with Crippen LogP contribution in [0.25, 0.3) is 16.0 Å². The molecule has 0 radical (unpaired) electrons. The van der Waals surface area contributed by atoms with Gasteiger partial charge in [-0.1, -0.05) is 11.3 Å². The molecule has 1 aliphatic heterocycles. The zero-order chi connectivity index (χ0) is 28.6. The Bertz CT molecular complexity index is 1620. The Hall–Kier alpha value is -4.64. The first kappa shape index (κ1) is 26.9. The summed E-state index contributed by atoms with van der Waals surface area (Å²) >= 11 is 1.05. The van der Waals surface area contributed by atoms with Crippen molar-refractivity contribution in [3.63, 3.8) is 0 Å². The molecule has 1 aromatic heterocycles. The molecule has 11 heteroatoms. The number of ketones is 1. The van der Waals surface area contributed by atoms with Crippen LogP contribution in [0, 0.1) is 5.82 Å². The molecule has 1 amide bonds. The van der Waals surface area contributed by atoms with E-state index in [0.29, 0.717) is 39.4 Å². The van der Waals surface area contributed by atoms with Gasteiger partial charge in [-0.15, -0.1) is 0 Å². The van der Waals surface area contributed by atoms with Crippen molar-refractivity contribution in [1.29, 1.82) is 0 Å². The van der Waals surface area contributed by atoms with E-state index in [1.165, 1.54) is 44.4 Å². The summed E-state index contributed by atoms with van der Waals surface area (Å²) in [6.45, 7) is 2.31. The molecule has 1 aliphatic rings. The van der Waals surface area contributed by atoms with E-state index in [-0.39, 0.29) is 28.0 Å². The zero-order valence-corrected chi connectivity index (χ0v) is 22.9. The van der Waals surface area contributed by atoms with Gasteiger partial charge >= 0.3 is 5.91 Å². The van der Waals surface area contributed by atoms with E-state index in [9.17, 15) is 19.1 Å². The van der Waals surface area contributed by atoms with Crippen molar-refractivity contribution >= 4 is 44.1 Å². The maximum absolute atomic E-state index is 13.9. The average Bonchev–Trinajstić information content (AvgIpc) is 3.49. The number of aliphatic hydroxyl groups excluding tert-OH is 1. The van der Waals surface area contributed by atoms with Gasteiger partial charge in [0, 0.05) is 5.56 Å². The number of Topliss-reactive ketones (excluding diaryl/α,β-unsaturated/α-hetero) is 1. The van der Waals surface area contributed by atoms with Crippen molar-refractivity contribution < 1.29 is 38.0 Å². The Morgan fingerprint density at radius 3 is 2.27 bits per heavy atom. The van der Waals surface area contributed by atoms with E-state index in [4.69, 9.17) is 18.9 Å². The van der Waals surface area contributed by atoms with Crippen molar-refractivity contribution in [1.82, 2.24) is 4.98 Å². The van der Waals surface area contributed by atoms with Crippen LogP contribution >= 0.6 is 11.3 Å². The number of aromatic nitrogens is 1. The minimum absolute atomic E-state index is 0.158. The van der Waals surface area contributed by atoms with Gasteiger partial charge in [0.2, 0.25) is 5.75 Å². The SMILES string of the molecule is CCOc1ccc(C(O)=C2C(=O)C(=O)N(c3nc4ccc(F)cc4s3)C2c2cc(OC)c(OC)c(OC)c2)cc1. The van der Waals surface area contributed by atoms with Crippen LogP contribution in [0.15, 0.2) is 60.2 Å². The molecule has 2 heterocycles. The fourth-order valence-electron chi connectivity index (χ4n) is 4.62. The number of fused-ring (bicyclic) bond motifs is 1. The molecule has 1 saturated heterocycles. The van der Waals surface area contributed by atoms with E-state index in [1.54, 1.807) is 36.4 Å². The molecular formula is C29H25FN2O7S. The van der Waals surface area contributed by atoms with Crippen molar-refractivity contribution in [3.8, 4) is 23.0 Å². The lowest BCUT2D eigenvalue weighted by atomic mass is 9.94. The molecule has 0 bridgehead atoms. The van der Waals surface area contributed by atoms with Crippen molar-refractivity contribution in [2.45, 2.75) is 13.0 Å². The molecule has 3 aromatic carbocycles. The summed E-state index contributed by atoms with van der Waals surface area (Å²) in [7, 11) is 4.35. The molecule has 1 atom stereocenters. The van der Waals surface area contributed by atoms with Crippen molar-refractivity contribution in [2.24, 2.45) is 0 Å². The second-order valence-corrected chi connectivity index (χ2v) is 9.70. The summed E-state index contributed by atoms with van der Waals surface area (Å²) in [4.78, 5) is 32.8. The smallest absolute Gasteiger partial charge is 0.301 e. The van der Waals surface area contributed by atoms with Gasteiger partial charge in [-0.25, -0.2) is 9.37 Å². The first-order chi connectivity index (χ1) is 19.3. The van der Waals surface area contributed by atoms with Gasteiger partial charge in [-0.2, -0.15) is 0 Å². The highest BCUT2D eigenvalue weighted by atomic mass is 32.1. The molecule has 0 saturated carbocycles. The number of rotatable bonds is 8. The topological polar surface area (TPSA) is 107 Å². The number of thiazole rings is 1. The molecule has 0 spiro atoms. The van der Waals surface area contributed by atoms with Crippen LogP contribution in [0.4, 0.5) is 9.52 Å². The number of aliphatic hydroxyl groups is 1. The van der Waals surface area contributed by atoms with E-state index < -0.39 is 23.5 Å². The third kappa shape index (κ3) is 4.58. The Morgan fingerprint density at radius 1 is 1.00 bits per heavy atom. The van der Waals surface area contributed by atoms with Gasteiger partial charge in [-0.3, -0.25) is 14.5 Å². The Labute approximate surface area is 233 Å². The number of benzene rings is 3. The van der Waals surface area contributed by atoms with Crippen molar-refractivity contribution in [3.05, 3.63) is 77.1 Å². The summed E-state index contributed by atoms with van der Waals surface area (Å²) in [5.41, 5.74) is 1.00. The Morgan fingerprint density at radius 2 is 1.68 bits per heavy atom. The zero-order valence-electron chi connectivity index (χ0n) is 22.1. The van der Waals surface area contributed by atoms with Crippen LogP contribution in [0.3, 0.4) is 0 Å². The van der Waals surface area contributed by atoms with E-state index in [0.717, 1.165) is 11.3 Å². The fraction of sp³-hybridized carbons (Fsp3) is 0.207. The normalized spacial score (nSPS) is 16.4. The molecule has 206 valence electrons. The number of halogens is 1. The Kier molecular flexibility index (Phi) is 7.31. The number of carbonyl (C=O) groups excluding carboxylic acids is 2. The first-order valence-corrected chi connectivity index (χ1v) is 13.0. The Balaban J connectivity index is 1.75. The fourth-order valence-corrected chi connectivity index (χ4v) is 5.64. The van der Waals surface area contributed by atoms with Crippen LogP contribution in [0.5, 0.6) is 23.0 Å². The highest BCUT2D eigenvalue weighted by Gasteiger charge is 2.48. The second kappa shape index (κ2) is 10.9. The van der Waals surface area contributed by atoms with Crippen LogP contribution in [-0.2, 0) is 9.59 Å². The van der Waals surface area contributed by atoms with Gasteiger partial charge in [0.1, 0.15) is 17.3 Å². The predicted octanol–water partition coefficient (Wildman–Crippen LogP) is 5.49. The molecule has 40 heavy (non-hydrogen) atoms. The molecule has 0 aliphatic carbocycles. The number of carbonyl (C=O) groups is 2. The third-order valence-electron chi connectivity index (χ3n) is 6.43. The third-order valence-corrected chi connectivity index (χ3v) is 7.45. The average molecular weight is 565 g/mol. The molecule has 1 fully saturated rings. The summed E-state index contributed by atoms with van der Waals surface area (Å²) in [5.74, 6) is -1.17. The molecule has 1 N–H and O–H groups in total. The number of nitrogens with zero attached hydrogens (tertiary/aromatic N) is 2. The maximum atomic E-state index is 13.9. The van der Waals surface area contributed by atoms with Gasteiger partial charge in [-0.05, 0) is 67.1 Å². The van der Waals surface area contributed by atoms with Gasteiger partial charge in [0.15, 0.2) is 16.6 Å². The largest absolute Gasteiger partial charge is 0.507 e. The van der Waals surface area contributed by atoms with Gasteiger partial charge < -0.3 is 24.1 Å². The highest BCUT2D eigenvalue weighted by Crippen LogP contribution is 2.48. The first-order valence-electron chi connectivity index (χ1n) is 12.2. The summed E-state index contributed by atoms with van der Waals surface area (Å²) in [6, 6.07) is 12.7. The minimum Gasteiger partial charge on any atom is -0.507 e. The summed E-state index contributed by atoms with van der Waals surface area (Å²) in [5, 5.41) is 11.6.